The molecule has 0 aliphatic carbocycles. The maximum Gasteiger partial charge on any atom is 0.240 e. The maximum atomic E-state index is 12.2. The van der Waals surface area contributed by atoms with Crippen molar-refractivity contribution in [3.05, 3.63) is 29.3 Å². The zero-order valence-electron chi connectivity index (χ0n) is 12.5. The van der Waals surface area contributed by atoms with E-state index in [0.717, 1.165) is 38.1 Å². The lowest BCUT2D eigenvalue weighted by Gasteiger charge is -2.08. The molecular formula is C15H24N2O3S. The standard InChI is InChI=1S/C15H24N2O3S/c1-2-3-8-20-9-4-7-17-21(18,19)15-6-5-13-11-16-12-14(13)10-15/h5-6,10,16-17H,2-4,7-9,11-12H2,1H3. The predicted octanol–water partition coefficient (Wildman–Crippen LogP) is 1.77. The van der Waals surface area contributed by atoms with E-state index in [-0.39, 0.29) is 0 Å². The van der Waals surface area contributed by atoms with Crippen LogP contribution in [0.2, 0.25) is 0 Å². The summed E-state index contributed by atoms with van der Waals surface area (Å²) in [5.74, 6) is 0. The van der Waals surface area contributed by atoms with E-state index in [0.29, 0.717) is 24.5 Å². The van der Waals surface area contributed by atoms with Gasteiger partial charge >= 0.3 is 0 Å². The highest BCUT2D eigenvalue weighted by atomic mass is 32.2. The SMILES string of the molecule is CCCCOCCCNS(=O)(=O)c1ccc2c(c1)CNC2. The van der Waals surface area contributed by atoms with Gasteiger partial charge in [0, 0.05) is 32.8 Å². The second-order valence-electron chi connectivity index (χ2n) is 5.25. The van der Waals surface area contributed by atoms with Gasteiger partial charge in [-0.25, -0.2) is 13.1 Å². The summed E-state index contributed by atoms with van der Waals surface area (Å²) < 4.78 is 32.4. The lowest BCUT2D eigenvalue weighted by molar-refractivity contribution is 0.130. The van der Waals surface area contributed by atoms with Gasteiger partial charge < -0.3 is 10.1 Å². The van der Waals surface area contributed by atoms with Crippen molar-refractivity contribution in [3.8, 4) is 0 Å². The van der Waals surface area contributed by atoms with Crippen LogP contribution in [0.15, 0.2) is 23.1 Å². The van der Waals surface area contributed by atoms with Gasteiger partial charge in [0.15, 0.2) is 0 Å². The van der Waals surface area contributed by atoms with Crippen LogP contribution in [0.1, 0.15) is 37.3 Å². The highest BCUT2D eigenvalue weighted by molar-refractivity contribution is 7.89. The summed E-state index contributed by atoms with van der Waals surface area (Å²) in [6.07, 6.45) is 2.85. The molecule has 0 saturated carbocycles. The van der Waals surface area contributed by atoms with E-state index in [1.807, 2.05) is 6.07 Å². The van der Waals surface area contributed by atoms with Crippen LogP contribution in [0, 0.1) is 0 Å². The molecule has 1 aliphatic rings. The number of sulfonamides is 1. The zero-order chi connectivity index (χ0) is 15.1. The van der Waals surface area contributed by atoms with Crippen LogP contribution in [-0.2, 0) is 27.8 Å². The fraction of sp³-hybridized carbons (Fsp3) is 0.600. The van der Waals surface area contributed by atoms with Gasteiger partial charge in [0.2, 0.25) is 10.0 Å². The van der Waals surface area contributed by atoms with Crippen LogP contribution >= 0.6 is 0 Å². The summed E-state index contributed by atoms with van der Waals surface area (Å²) >= 11 is 0. The van der Waals surface area contributed by atoms with Gasteiger partial charge in [-0.15, -0.1) is 0 Å². The number of hydrogen-bond donors (Lipinski definition) is 2. The minimum absolute atomic E-state index is 0.344. The lowest BCUT2D eigenvalue weighted by Crippen LogP contribution is -2.25. The van der Waals surface area contributed by atoms with Crippen molar-refractivity contribution in [1.29, 1.82) is 0 Å². The quantitative estimate of drug-likeness (QED) is 0.682. The molecule has 2 N–H and O–H groups in total. The van der Waals surface area contributed by atoms with E-state index in [9.17, 15) is 8.42 Å². The molecule has 0 amide bonds. The van der Waals surface area contributed by atoms with Crippen molar-refractivity contribution < 1.29 is 13.2 Å². The third-order valence-electron chi connectivity index (χ3n) is 3.52. The Hall–Kier alpha value is -0.950. The molecule has 0 spiro atoms. The fourth-order valence-electron chi connectivity index (χ4n) is 2.25. The fourth-order valence-corrected chi connectivity index (χ4v) is 3.38. The Labute approximate surface area is 127 Å². The highest BCUT2D eigenvalue weighted by Gasteiger charge is 2.17. The van der Waals surface area contributed by atoms with Crippen LogP contribution in [0.3, 0.4) is 0 Å². The molecule has 5 nitrogen and oxygen atoms in total. The maximum absolute atomic E-state index is 12.2. The number of ether oxygens (including phenoxy) is 1. The number of fused-ring (bicyclic) bond motifs is 1. The monoisotopic (exact) mass is 312 g/mol. The van der Waals surface area contributed by atoms with Crippen LogP contribution in [-0.4, -0.2) is 28.2 Å². The van der Waals surface area contributed by atoms with Gasteiger partial charge in [-0.3, -0.25) is 0 Å². The predicted molar refractivity (Wildman–Crippen MR) is 82.5 cm³/mol. The van der Waals surface area contributed by atoms with Gasteiger partial charge in [0.1, 0.15) is 0 Å². The van der Waals surface area contributed by atoms with Crippen molar-refractivity contribution in [1.82, 2.24) is 10.0 Å². The summed E-state index contributed by atoms with van der Waals surface area (Å²) in [6, 6.07) is 5.32. The second kappa shape index (κ2) is 7.89. The van der Waals surface area contributed by atoms with Gasteiger partial charge in [0.25, 0.3) is 0 Å². The summed E-state index contributed by atoms with van der Waals surface area (Å²) in [4.78, 5) is 0.344. The van der Waals surface area contributed by atoms with Crippen LogP contribution in [0.25, 0.3) is 0 Å². The molecule has 0 fully saturated rings. The Balaban J connectivity index is 1.79. The molecule has 0 bridgehead atoms. The van der Waals surface area contributed by atoms with Crippen LogP contribution < -0.4 is 10.0 Å². The van der Waals surface area contributed by atoms with Crippen molar-refractivity contribution in [2.45, 2.75) is 44.2 Å². The largest absolute Gasteiger partial charge is 0.381 e. The van der Waals surface area contributed by atoms with Crippen molar-refractivity contribution >= 4 is 10.0 Å². The minimum Gasteiger partial charge on any atom is -0.381 e. The Morgan fingerprint density at radius 1 is 1.19 bits per heavy atom. The van der Waals surface area contributed by atoms with Crippen molar-refractivity contribution in [2.75, 3.05) is 19.8 Å². The molecule has 21 heavy (non-hydrogen) atoms. The van der Waals surface area contributed by atoms with E-state index < -0.39 is 10.0 Å². The van der Waals surface area contributed by atoms with Gasteiger partial charge in [-0.05, 0) is 36.1 Å². The Kier molecular flexibility index (Phi) is 6.17. The molecule has 2 rings (SSSR count). The smallest absolute Gasteiger partial charge is 0.240 e. The molecule has 118 valence electrons. The average Bonchev–Trinajstić information content (AvgIpc) is 2.93. The molecule has 0 atom stereocenters. The Bertz CT molecular complexity index is 558. The van der Waals surface area contributed by atoms with E-state index in [1.54, 1.807) is 12.1 Å². The summed E-state index contributed by atoms with van der Waals surface area (Å²) in [7, 11) is -3.41. The second-order valence-corrected chi connectivity index (χ2v) is 7.02. The summed E-state index contributed by atoms with van der Waals surface area (Å²) in [5, 5.41) is 3.21. The molecule has 0 unspecified atom stereocenters. The van der Waals surface area contributed by atoms with E-state index in [1.165, 1.54) is 5.56 Å². The van der Waals surface area contributed by atoms with Crippen LogP contribution in [0.4, 0.5) is 0 Å². The zero-order valence-corrected chi connectivity index (χ0v) is 13.3. The third kappa shape index (κ3) is 4.78. The average molecular weight is 312 g/mol. The Morgan fingerprint density at radius 3 is 2.76 bits per heavy atom. The molecule has 0 saturated heterocycles. The van der Waals surface area contributed by atoms with E-state index in [2.05, 4.69) is 17.0 Å². The lowest BCUT2D eigenvalue weighted by atomic mass is 10.1. The first-order valence-corrected chi connectivity index (χ1v) is 9.02. The molecule has 0 aromatic heterocycles. The third-order valence-corrected chi connectivity index (χ3v) is 4.98. The highest BCUT2D eigenvalue weighted by Crippen LogP contribution is 2.19. The first kappa shape index (κ1) is 16.4. The number of unbranched alkanes of at least 4 members (excludes halogenated alkanes) is 1. The summed E-state index contributed by atoms with van der Waals surface area (Å²) in [6.45, 7) is 5.42. The first-order valence-electron chi connectivity index (χ1n) is 7.53. The molecule has 6 heteroatoms. The number of rotatable bonds is 9. The molecule has 1 heterocycles. The number of nitrogens with one attached hydrogen (secondary N) is 2. The number of benzene rings is 1. The van der Waals surface area contributed by atoms with Crippen molar-refractivity contribution in [3.63, 3.8) is 0 Å². The molecule has 0 radical (unpaired) electrons. The molecular weight excluding hydrogens is 288 g/mol. The van der Waals surface area contributed by atoms with Crippen molar-refractivity contribution in [2.24, 2.45) is 0 Å². The molecule has 1 aromatic carbocycles. The Morgan fingerprint density at radius 2 is 1.95 bits per heavy atom. The molecule has 1 aliphatic heterocycles. The van der Waals surface area contributed by atoms with Gasteiger partial charge in [-0.2, -0.15) is 0 Å². The van der Waals surface area contributed by atoms with Gasteiger partial charge in [0.05, 0.1) is 4.90 Å². The molecule has 1 aromatic rings. The van der Waals surface area contributed by atoms with Crippen LogP contribution in [0.5, 0.6) is 0 Å². The minimum atomic E-state index is -3.41. The van der Waals surface area contributed by atoms with E-state index in [4.69, 9.17) is 4.74 Å². The summed E-state index contributed by atoms with van der Waals surface area (Å²) in [5.41, 5.74) is 2.25. The number of hydrogen-bond acceptors (Lipinski definition) is 4. The van der Waals surface area contributed by atoms with Gasteiger partial charge in [-0.1, -0.05) is 19.4 Å². The van der Waals surface area contributed by atoms with E-state index >= 15 is 0 Å². The topological polar surface area (TPSA) is 67.4 Å². The first-order chi connectivity index (χ1) is 10.1. The normalized spacial score (nSPS) is 14.3.